The normalized spacial score (nSPS) is 13.3. The van der Waals surface area contributed by atoms with Gasteiger partial charge in [-0.15, -0.1) is 0 Å². The molecule has 6 heteroatoms. The van der Waals surface area contributed by atoms with Gasteiger partial charge in [-0.1, -0.05) is 37.3 Å². The van der Waals surface area contributed by atoms with Crippen molar-refractivity contribution in [3.05, 3.63) is 52.8 Å². The number of nitrogens with zero attached hydrogens (tertiary/aromatic N) is 2. The molecule has 2 atom stereocenters. The lowest BCUT2D eigenvalue weighted by Crippen LogP contribution is -2.41. The molecule has 1 amide bonds. The fourth-order valence-corrected chi connectivity index (χ4v) is 2.06. The number of aliphatic hydroxyl groups excluding tert-OH is 1. The van der Waals surface area contributed by atoms with E-state index in [1.54, 1.807) is 6.07 Å². The number of hydrogen-bond donors (Lipinski definition) is 2. The smallest absolute Gasteiger partial charge is 0.267 e. The van der Waals surface area contributed by atoms with Crippen molar-refractivity contribution in [2.75, 3.05) is 6.61 Å². The van der Waals surface area contributed by atoms with Crippen LogP contribution in [-0.4, -0.2) is 33.4 Å². The van der Waals surface area contributed by atoms with Crippen LogP contribution in [0.1, 0.15) is 13.8 Å². The molecule has 0 aliphatic rings. The first-order valence-electron chi connectivity index (χ1n) is 7.55. The zero-order valence-corrected chi connectivity index (χ0v) is 13.3. The van der Waals surface area contributed by atoms with Gasteiger partial charge >= 0.3 is 0 Å². The highest BCUT2D eigenvalue weighted by Gasteiger charge is 2.15. The Morgan fingerprint density at radius 2 is 1.91 bits per heavy atom. The monoisotopic (exact) mass is 315 g/mol. The molecule has 1 heterocycles. The quantitative estimate of drug-likeness (QED) is 0.834. The number of aromatic nitrogens is 2. The fourth-order valence-electron chi connectivity index (χ4n) is 2.06. The predicted molar refractivity (Wildman–Crippen MR) is 87.8 cm³/mol. The van der Waals surface area contributed by atoms with E-state index < -0.39 is 0 Å². The number of hydrogen-bond acceptors (Lipinski definition) is 4. The molecule has 0 saturated carbocycles. The zero-order valence-electron chi connectivity index (χ0n) is 13.3. The van der Waals surface area contributed by atoms with E-state index in [9.17, 15) is 9.59 Å². The van der Waals surface area contributed by atoms with Crippen LogP contribution in [0.15, 0.2) is 47.3 Å². The molecule has 2 aromatic rings. The van der Waals surface area contributed by atoms with Crippen LogP contribution in [0, 0.1) is 5.92 Å². The van der Waals surface area contributed by atoms with E-state index in [2.05, 4.69) is 10.4 Å². The predicted octanol–water partition coefficient (Wildman–Crippen LogP) is 1.04. The minimum absolute atomic E-state index is 0.0108. The van der Waals surface area contributed by atoms with Crippen LogP contribution in [0.2, 0.25) is 0 Å². The third-order valence-electron chi connectivity index (χ3n) is 3.76. The molecule has 0 radical (unpaired) electrons. The van der Waals surface area contributed by atoms with Gasteiger partial charge in [-0.05, 0) is 18.9 Å². The van der Waals surface area contributed by atoms with Crippen molar-refractivity contribution in [3.63, 3.8) is 0 Å². The number of benzene rings is 1. The summed E-state index contributed by atoms with van der Waals surface area (Å²) in [6, 6.07) is 12.3. The lowest BCUT2D eigenvalue weighted by atomic mass is 10.1. The van der Waals surface area contributed by atoms with Crippen LogP contribution in [0.5, 0.6) is 0 Å². The van der Waals surface area contributed by atoms with Crippen molar-refractivity contribution in [2.24, 2.45) is 5.92 Å². The van der Waals surface area contributed by atoms with Gasteiger partial charge in [-0.3, -0.25) is 9.59 Å². The molecule has 0 aliphatic heterocycles. The van der Waals surface area contributed by atoms with Crippen molar-refractivity contribution in [3.8, 4) is 11.3 Å². The first-order valence-corrected chi connectivity index (χ1v) is 7.55. The lowest BCUT2D eigenvalue weighted by molar-refractivity contribution is -0.122. The van der Waals surface area contributed by atoms with Crippen LogP contribution in [0.3, 0.4) is 0 Å². The maximum atomic E-state index is 12.1. The summed E-state index contributed by atoms with van der Waals surface area (Å²) < 4.78 is 1.15. The Kier molecular flexibility index (Phi) is 5.65. The van der Waals surface area contributed by atoms with Crippen LogP contribution in [0.4, 0.5) is 0 Å². The summed E-state index contributed by atoms with van der Waals surface area (Å²) in [5, 5.41) is 16.1. The van der Waals surface area contributed by atoms with E-state index in [0.29, 0.717) is 5.69 Å². The number of nitrogens with one attached hydrogen (secondary N) is 1. The van der Waals surface area contributed by atoms with E-state index in [1.807, 2.05) is 44.2 Å². The first-order chi connectivity index (χ1) is 11.0. The van der Waals surface area contributed by atoms with E-state index in [0.717, 1.165) is 10.2 Å². The van der Waals surface area contributed by atoms with Crippen molar-refractivity contribution in [1.29, 1.82) is 0 Å². The SMILES string of the molecule is CC(CO)C(C)NC(=O)Cn1nc(-c2ccccc2)ccc1=O. The standard InChI is InChI=1S/C17H21N3O3/c1-12(11-21)13(2)18-16(22)10-20-17(23)9-8-15(19-20)14-6-4-3-5-7-14/h3-9,12-13,21H,10-11H2,1-2H3,(H,18,22). The highest BCUT2D eigenvalue weighted by Crippen LogP contribution is 2.13. The van der Waals surface area contributed by atoms with Crippen molar-refractivity contribution < 1.29 is 9.90 Å². The average molecular weight is 315 g/mol. The molecule has 0 saturated heterocycles. The zero-order chi connectivity index (χ0) is 16.8. The largest absolute Gasteiger partial charge is 0.396 e. The molecular formula is C17H21N3O3. The highest BCUT2D eigenvalue weighted by atomic mass is 16.3. The maximum absolute atomic E-state index is 12.1. The number of aliphatic hydroxyl groups is 1. The third kappa shape index (κ3) is 4.50. The molecule has 1 aromatic carbocycles. The van der Waals surface area contributed by atoms with Crippen LogP contribution < -0.4 is 10.9 Å². The van der Waals surface area contributed by atoms with E-state index >= 15 is 0 Å². The Morgan fingerprint density at radius 1 is 1.22 bits per heavy atom. The minimum Gasteiger partial charge on any atom is -0.396 e. The van der Waals surface area contributed by atoms with Gasteiger partial charge in [-0.25, -0.2) is 4.68 Å². The molecule has 6 nitrogen and oxygen atoms in total. The Morgan fingerprint density at radius 3 is 2.57 bits per heavy atom. The van der Waals surface area contributed by atoms with Gasteiger partial charge in [0.25, 0.3) is 5.56 Å². The average Bonchev–Trinajstić information content (AvgIpc) is 2.56. The summed E-state index contributed by atoms with van der Waals surface area (Å²) in [5.41, 5.74) is 1.18. The summed E-state index contributed by atoms with van der Waals surface area (Å²) >= 11 is 0. The molecule has 23 heavy (non-hydrogen) atoms. The molecule has 2 N–H and O–H groups in total. The van der Waals surface area contributed by atoms with E-state index in [1.165, 1.54) is 6.07 Å². The van der Waals surface area contributed by atoms with Crippen molar-refractivity contribution in [2.45, 2.75) is 26.4 Å². The number of carbonyl (C=O) groups excluding carboxylic acids is 1. The number of rotatable bonds is 6. The summed E-state index contributed by atoms with van der Waals surface area (Å²) in [5.74, 6) is -0.364. The van der Waals surface area contributed by atoms with Crippen LogP contribution in [0.25, 0.3) is 11.3 Å². The molecule has 0 fully saturated rings. The molecule has 0 aliphatic carbocycles. The topological polar surface area (TPSA) is 84.2 Å². The Hall–Kier alpha value is -2.47. The van der Waals surface area contributed by atoms with Gasteiger partial charge in [0, 0.05) is 24.3 Å². The van der Waals surface area contributed by atoms with Gasteiger partial charge in [0.2, 0.25) is 5.91 Å². The number of carbonyl (C=O) groups is 1. The molecule has 1 aromatic heterocycles. The molecule has 2 unspecified atom stereocenters. The van der Waals surface area contributed by atoms with Gasteiger partial charge in [0.1, 0.15) is 6.54 Å². The summed E-state index contributed by atoms with van der Waals surface area (Å²) in [4.78, 5) is 23.9. The Balaban J connectivity index is 2.14. The van der Waals surface area contributed by atoms with Gasteiger partial charge < -0.3 is 10.4 Å². The summed E-state index contributed by atoms with van der Waals surface area (Å²) in [6.45, 7) is 3.49. The van der Waals surface area contributed by atoms with Crippen LogP contribution >= 0.6 is 0 Å². The summed E-state index contributed by atoms with van der Waals surface area (Å²) in [6.07, 6.45) is 0. The molecule has 2 rings (SSSR count). The minimum atomic E-state index is -0.331. The second kappa shape index (κ2) is 7.69. The maximum Gasteiger partial charge on any atom is 0.267 e. The molecule has 0 spiro atoms. The summed E-state index contributed by atoms with van der Waals surface area (Å²) in [7, 11) is 0. The van der Waals surface area contributed by atoms with Crippen molar-refractivity contribution in [1.82, 2.24) is 15.1 Å². The fraction of sp³-hybridized carbons (Fsp3) is 0.353. The number of amides is 1. The first kappa shape index (κ1) is 16.9. The second-order valence-corrected chi connectivity index (χ2v) is 5.60. The van der Waals surface area contributed by atoms with Gasteiger partial charge in [0.05, 0.1) is 5.69 Å². The molecule has 122 valence electrons. The molecular weight excluding hydrogens is 294 g/mol. The second-order valence-electron chi connectivity index (χ2n) is 5.60. The van der Waals surface area contributed by atoms with Gasteiger partial charge in [-0.2, -0.15) is 5.10 Å². The highest BCUT2D eigenvalue weighted by molar-refractivity contribution is 5.76. The Bertz CT molecular complexity index is 713. The van der Waals surface area contributed by atoms with Crippen molar-refractivity contribution >= 4 is 5.91 Å². The Labute approximate surface area is 134 Å². The third-order valence-corrected chi connectivity index (χ3v) is 3.76. The van der Waals surface area contributed by atoms with E-state index in [-0.39, 0.29) is 36.6 Å². The lowest BCUT2D eigenvalue weighted by Gasteiger charge is -2.19. The van der Waals surface area contributed by atoms with Crippen LogP contribution in [-0.2, 0) is 11.3 Å². The van der Waals surface area contributed by atoms with Gasteiger partial charge in [0.15, 0.2) is 0 Å². The molecule has 0 bridgehead atoms. The van der Waals surface area contributed by atoms with E-state index in [4.69, 9.17) is 5.11 Å².